The molecule has 0 atom stereocenters. The summed E-state index contributed by atoms with van der Waals surface area (Å²) >= 11 is 0. The molecule has 0 spiro atoms. The Bertz CT molecular complexity index is 377. The molecular weight excluding hydrogens is 194 g/mol. The van der Waals surface area contributed by atoms with E-state index in [2.05, 4.69) is 42.5 Å². The van der Waals surface area contributed by atoms with E-state index in [0.717, 1.165) is 36.9 Å². The Balaban J connectivity index is 2.63. The minimum Gasteiger partial charge on any atom is -0.246 e. The number of hydrogen-bond acceptors (Lipinski definition) is 1. The summed E-state index contributed by atoms with van der Waals surface area (Å²) in [6.45, 7) is 4.24. The molecule has 16 heavy (non-hydrogen) atoms. The molecule has 0 amide bonds. The zero-order valence-electron chi connectivity index (χ0n) is 10.0. The van der Waals surface area contributed by atoms with Gasteiger partial charge >= 0.3 is 0 Å². The fourth-order valence-corrected chi connectivity index (χ4v) is 1.11. The summed E-state index contributed by atoms with van der Waals surface area (Å²) in [5.74, 6) is 12.3. The molecule has 0 unspecified atom stereocenters. The highest BCUT2D eigenvalue weighted by molar-refractivity contribution is 5.36. The Morgan fingerprint density at radius 2 is 1.69 bits per heavy atom. The molecule has 1 aromatic rings. The van der Waals surface area contributed by atoms with Crippen molar-refractivity contribution in [2.75, 3.05) is 0 Å². The van der Waals surface area contributed by atoms with Crippen molar-refractivity contribution >= 4 is 0 Å². The van der Waals surface area contributed by atoms with Crippen LogP contribution in [0.4, 0.5) is 0 Å². The van der Waals surface area contributed by atoms with Crippen LogP contribution in [0.5, 0.6) is 0 Å². The highest BCUT2D eigenvalue weighted by Gasteiger charge is 1.89. The molecule has 0 fully saturated rings. The number of hydrogen-bond donors (Lipinski definition) is 0. The number of unbranched alkanes of at least 4 members (excludes halogenated alkanes) is 2. The second-order valence-corrected chi connectivity index (χ2v) is 3.54. The molecule has 0 aliphatic heterocycles. The maximum absolute atomic E-state index is 4.25. The highest BCUT2D eigenvalue weighted by atomic mass is 14.7. The number of nitrogens with zero attached hydrogens (tertiary/aromatic N) is 1. The van der Waals surface area contributed by atoms with Gasteiger partial charge in [0.15, 0.2) is 0 Å². The van der Waals surface area contributed by atoms with E-state index in [1.54, 1.807) is 6.20 Å². The van der Waals surface area contributed by atoms with Gasteiger partial charge in [-0.2, -0.15) is 0 Å². The van der Waals surface area contributed by atoms with Gasteiger partial charge < -0.3 is 0 Å². The van der Waals surface area contributed by atoms with Crippen LogP contribution in [0.1, 0.15) is 50.8 Å². The van der Waals surface area contributed by atoms with E-state index in [9.17, 15) is 0 Å². The van der Waals surface area contributed by atoms with Crippen molar-refractivity contribution in [2.45, 2.75) is 39.5 Å². The predicted octanol–water partition coefficient (Wildman–Crippen LogP) is 3.38. The third-order valence-electron chi connectivity index (χ3n) is 1.96. The average Bonchev–Trinajstić information content (AvgIpc) is 2.32. The second kappa shape index (κ2) is 7.55. The second-order valence-electron chi connectivity index (χ2n) is 3.54. The van der Waals surface area contributed by atoms with Crippen LogP contribution in [0, 0.1) is 23.7 Å². The topological polar surface area (TPSA) is 12.9 Å². The maximum atomic E-state index is 4.25. The first-order valence-corrected chi connectivity index (χ1v) is 5.80. The Kier molecular flexibility index (Phi) is 5.82. The molecule has 0 bridgehead atoms. The van der Waals surface area contributed by atoms with Gasteiger partial charge in [0.25, 0.3) is 0 Å². The first-order chi connectivity index (χ1) is 7.86. The lowest BCUT2D eigenvalue weighted by Gasteiger charge is -1.90. The van der Waals surface area contributed by atoms with Gasteiger partial charge in [-0.15, -0.1) is 0 Å². The monoisotopic (exact) mass is 211 g/mol. The summed E-state index contributed by atoms with van der Waals surface area (Å²) in [6.07, 6.45) is 5.85. The molecule has 0 radical (unpaired) electrons. The van der Waals surface area contributed by atoms with E-state index < -0.39 is 0 Å². The van der Waals surface area contributed by atoms with Gasteiger partial charge in [0.2, 0.25) is 0 Å². The van der Waals surface area contributed by atoms with Gasteiger partial charge in [0.1, 0.15) is 5.69 Å². The van der Waals surface area contributed by atoms with Crippen LogP contribution in [0.15, 0.2) is 18.3 Å². The molecular formula is C15H17N. The van der Waals surface area contributed by atoms with E-state index in [-0.39, 0.29) is 0 Å². The predicted molar refractivity (Wildman–Crippen MR) is 67.8 cm³/mol. The zero-order valence-corrected chi connectivity index (χ0v) is 10.0. The smallest absolute Gasteiger partial charge is 0.113 e. The molecule has 1 rings (SSSR count). The lowest BCUT2D eigenvalue weighted by atomic mass is 10.2. The Labute approximate surface area is 98.3 Å². The number of pyridine rings is 1. The summed E-state index contributed by atoms with van der Waals surface area (Å²) < 4.78 is 0. The van der Waals surface area contributed by atoms with Crippen molar-refractivity contribution in [3.8, 4) is 23.7 Å². The molecule has 0 aromatic carbocycles. The van der Waals surface area contributed by atoms with Crippen LogP contribution < -0.4 is 0 Å². The molecule has 1 nitrogen and oxygen atoms in total. The van der Waals surface area contributed by atoms with Crippen LogP contribution in [-0.4, -0.2) is 4.98 Å². The zero-order chi connectivity index (χ0) is 11.6. The minimum atomic E-state index is 0.828. The summed E-state index contributed by atoms with van der Waals surface area (Å²) in [5, 5.41) is 0. The fraction of sp³-hybridized carbons (Fsp3) is 0.400. The van der Waals surface area contributed by atoms with Crippen molar-refractivity contribution < 1.29 is 0 Å². The Hall–Kier alpha value is -1.73. The highest BCUT2D eigenvalue weighted by Crippen LogP contribution is 1.98. The van der Waals surface area contributed by atoms with Crippen molar-refractivity contribution in [3.05, 3.63) is 29.6 Å². The summed E-state index contributed by atoms with van der Waals surface area (Å²) in [4.78, 5) is 4.25. The van der Waals surface area contributed by atoms with Crippen LogP contribution in [0.3, 0.4) is 0 Å². The van der Waals surface area contributed by atoms with Gasteiger partial charge in [-0.05, 0) is 30.9 Å². The SMILES string of the molecule is CCCC#Cc1ccc(C#CCCC)nc1. The summed E-state index contributed by atoms with van der Waals surface area (Å²) in [6, 6.07) is 3.91. The molecule has 1 heterocycles. The van der Waals surface area contributed by atoms with Gasteiger partial charge in [0, 0.05) is 24.6 Å². The van der Waals surface area contributed by atoms with E-state index >= 15 is 0 Å². The van der Waals surface area contributed by atoms with Crippen molar-refractivity contribution in [1.82, 2.24) is 4.98 Å². The minimum absolute atomic E-state index is 0.828. The fourth-order valence-electron chi connectivity index (χ4n) is 1.11. The van der Waals surface area contributed by atoms with E-state index in [1.165, 1.54) is 0 Å². The Morgan fingerprint density at radius 3 is 2.25 bits per heavy atom. The third kappa shape index (κ3) is 4.67. The number of aromatic nitrogens is 1. The molecule has 0 saturated carbocycles. The maximum Gasteiger partial charge on any atom is 0.113 e. The first kappa shape index (κ1) is 12.3. The van der Waals surface area contributed by atoms with E-state index in [0.29, 0.717) is 0 Å². The molecule has 82 valence electrons. The van der Waals surface area contributed by atoms with Crippen LogP contribution in [0.25, 0.3) is 0 Å². The largest absolute Gasteiger partial charge is 0.246 e. The normalized spacial score (nSPS) is 8.62. The lowest BCUT2D eigenvalue weighted by molar-refractivity contribution is 0.982. The van der Waals surface area contributed by atoms with Crippen molar-refractivity contribution in [2.24, 2.45) is 0 Å². The van der Waals surface area contributed by atoms with Crippen LogP contribution in [0.2, 0.25) is 0 Å². The van der Waals surface area contributed by atoms with Gasteiger partial charge in [-0.1, -0.05) is 31.6 Å². The third-order valence-corrected chi connectivity index (χ3v) is 1.96. The molecule has 0 saturated heterocycles. The van der Waals surface area contributed by atoms with Crippen LogP contribution in [-0.2, 0) is 0 Å². The van der Waals surface area contributed by atoms with Crippen LogP contribution >= 0.6 is 0 Å². The van der Waals surface area contributed by atoms with Gasteiger partial charge in [-0.25, -0.2) is 4.98 Å². The van der Waals surface area contributed by atoms with Crippen molar-refractivity contribution in [3.63, 3.8) is 0 Å². The van der Waals surface area contributed by atoms with E-state index in [4.69, 9.17) is 0 Å². The molecule has 0 N–H and O–H groups in total. The molecule has 0 aliphatic rings. The van der Waals surface area contributed by atoms with Gasteiger partial charge in [-0.3, -0.25) is 0 Å². The Morgan fingerprint density at radius 1 is 1.00 bits per heavy atom. The standard InChI is InChI=1S/C15H17N/c1-3-5-7-9-14-11-12-15(16-13-14)10-8-6-4-2/h11-13H,3-6H2,1-2H3. The van der Waals surface area contributed by atoms with Crippen molar-refractivity contribution in [1.29, 1.82) is 0 Å². The molecule has 1 heteroatoms. The summed E-state index contributed by atoms with van der Waals surface area (Å²) in [5.41, 5.74) is 1.80. The number of rotatable bonds is 2. The lowest BCUT2D eigenvalue weighted by Crippen LogP contribution is -1.83. The summed E-state index contributed by atoms with van der Waals surface area (Å²) in [7, 11) is 0. The quantitative estimate of drug-likeness (QED) is 0.683. The average molecular weight is 211 g/mol. The molecule has 1 aromatic heterocycles. The van der Waals surface area contributed by atoms with E-state index in [1.807, 2.05) is 12.1 Å². The molecule has 0 aliphatic carbocycles. The van der Waals surface area contributed by atoms with Gasteiger partial charge in [0.05, 0.1) is 0 Å². The first-order valence-electron chi connectivity index (χ1n) is 5.80.